The molecule has 2 aliphatic rings. The van der Waals surface area contributed by atoms with E-state index in [2.05, 4.69) is 59.3 Å². The fraction of sp³-hybridized carbons (Fsp3) is 0.326. The molecule has 0 spiro atoms. The van der Waals surface area contributed by atoms with E-state index in [1.807, 2.05) is 36.4 Å². The highest BCUT2D eigenvalue weighted by Gasteiger charge is 2.18. The molecule has 2 N–H and O–H groups in total. The molecule has 2 aromatic heterocycles. The minimum Gasteiger partial charge on any atom is -0.457 e. The van der Waals surface area contributed by atoms with Gasteiger partial charge in [0, 0.05) is 118 Å². The van der Waals surface area contributed by atoms with Crippen molar-refractivity contribution >= 4 is 29.2 Å². The zero-order valence-electron chi connectivity index (χ0n) is 32.2. The van der Waals surface area contributed by atoms with E-state index in [-0.39, 0.29) is 18.5 Å². The predicted molar refractivity (Wildman–Crippen MR) is 215 cm³/mol. The Hall–Kier alpha value is -5.60. The van der Waals surface area contributed by atoms with Gasteiger partial charge in [0.05, 0.1) is 11.3 Å². The normalized spacial score (nSPS) is 15.7. The van der Waals surface area contributed by atoms with Gasteiger partial charge in [-0.05, 0) is 80.7 Å². The first-order chi connectivity index (χ1) is 27.2. The van der Waals surface area contributed by atoms with Gasteiger partial charge in [-0.2, -0.15) is 0 Å². The first kappa shape index (κ1) is 38.7. The van der Waals surface area contributed by atoms with E-state index < -0.39 is 11.8 Å². The van der Waals surface area contributed by atoms with E-state index in [1.165, 1.54) is 6.07 Å². The zero-order valence-corrected chi connectivity index (χ0v) is 32.2. The molecule has 5 aromatic rings. The molecule has 2 fully saturated rings. The number of likely N-dealkylation sites (N-methyl/N-ethyl adjacent to an activating group) is 2. The number of esters is 1. The number of carbonyl (C=O) groups excluding carboxylic acids is 2. The van der Waals surface area contributed by atoms with E-state index in [0.717, 1.165) is 76.6 Å². The molecule has 0 unspecified atom stereocenters. The largest absolute Gasteiger partial charge is 0.457 e. The number of pyridine rings is 1. The smallest absolute Gasteiger partial charge is 0.338 e. The molecule has 2 aliphatic heterocycles. The fourth-order valence-electron chi connectivity index (χ4n) is 6.82. The summed E-state index contributed by atoms with van der Waals surface area (Å²) in [6.45, 7) is 11.6. The Morgan fingerprint density at radius 3 is 2.00 bits per heavy atom. The molecule has 0 bridgehead atoms. The number of anilines is 3. The molecular weight excluding hydrogens is 710 g/mol. The Morgan fingerprint density at radius 2 is 1.38 bits per heavy atom. The number of amides is 1. The quantitative estimate of drug-likeness (QED) is 0.150. The molecule has 4 heterocycles. The highest BCUT2D eigenvalue weighted by molar-refractivity contribution is 6.04. The van der Waals surface area contributed by atoms with Gasteiger partial charge >= 0.3 is 5.97 Å². The van der Waals surface area contributed by atoms with Crippen LogP contribution in [0.5, 0.6) is 0 Å². The molecule has 290 valence electrons. The van der Waals surface area contributed by atoms with Crippen LogP contribution in [0.15, 0.2) is 91.4 Å². The molecule has 7 rings (SSSR count). The fourth-order valence-corrected chi connectivity index (χ4v) is 6.82. The Labute approximate surface area is 327 Å². The van der Waals surface area contributed by atoms with E-state index >= 15 is 4.39 Å². The summed E-state index contributed by atoms with van der Waals surface area (Å²) < 4.78 is 20.9. The first-order valence-corrected chi connectivity index (χ1v) is 19.0. The van der Waals surface area contributed by atoms with Crippen molar-refractivity contribution in [3.05, 3.63) is 131 Å². The number of hydrogen-bond donors (Lipinski definition) is 2. The Bertz CT molecular complexity index is 2130. The Balaban J connectivity index is 0.975. The molecule has 0 atom stereocenters. The third-order valence-electron chi connectivity index (χ3n) is 10.5. The van der Waals surface area contributed by atoms with Crippen molar-refractivity contribution in [1.82, 2.24) is 34.6 Å². The van der Waals surface area contributed by atoms with Crippen molar-refractivity contribution in [2.75, 3.05) is 77.1 Å². The maximum Gasteiger partial charge on any atom is 0.338 e. The summed E-state index contributed by atoms with van der Waals surface area (Å²) >= 11 is 0. The lowest BCUT2D eigenvalue weighted by Crippen LogP contribution is -2.43. The van der Waals surface area contributed by atoms with Crippen LogP contribution in [0.25, 0.3) is 11.3 Å². The molecule has 2 saturated heterocycles. The monoisotopic (exact) mass is 757 g/mol. The van der Waals surface area contributed by atoms with Crippen molar-refractivity contribution in [2.24, 2.45) is 0 Å². The van der Waals surface area contributed by atoms with E-state index in [0.29, 0.717) is 44.9 Å². The number of benzene rings is 3. The predicted octanol–water partition coefficient (Wildman–Crippen LogP) is 5.83. The van der Waals surface area contributed by atoms with E-state index in [1.54, 1.807) is 55.8 Å². The number of halogens is 1. The zero-order chi connectivity index (χ0) is 39.0. The molecule has 13 heteroatoms. The summed E-state index contributed by atoms with van der Waals surface area (Å²) in [5, 5.41) is 5.95. The minimum absolute atomic E-state index is 0.0115. The molecule has 0 saturated carbocycles. The van der Waals surface area contributed by atoms with Gasteiger partial charge in [0.25, 0.3) is 5.91 Å². The lowest BCUT2D eigenvalue weighted by molar-refractivity contribution is 0.0473. The molecule has 12 nitrogen and oxygen atoms in total. The summed E-state index contributed by atoms with van der Waals surface area (Å²) in [6.07, 6.45) is 4.87. The number of carbonyl (C=O) groups is 2. The minimum atomic E-state index is -0.495. The molecule has 0 radical (unpaired) electrons. The van der Waals surface area contributed by atoms with Gasteiger partial charge in [-0.25, -0.2) is 19.2 Å². The van der Waals surface area contributed by atoms with E-state index in [4.69, 9.17) is 4.74 Å². The average Bonchev–Trinajstić information content (AvgIpc) is 3.21. The van der Waals surface area contributed by atoms with Crippen LogP contribution in [-0.2, 0) is 24.4 Å². The van der Waals surface area contributed by atoms with Crippen molar-refractivity contribution in [2.45, 2.75) is 26.6 Å². The van der Waals surface area contributed by atoms with Crippen molar-refractivity contribution in [3.63, 3.8) is 0 Å². The number of nitrogens with one attached hydrogen (secondary N) is 2. The average molecular weight is 758 g/mol. The number of hydrogen-bond acceptors (Lipinski definition) is 11. The number of piperazine rings is 2. The molecule has 56 heavy (non-hydrogen) atoms. The summed E-state index contributed by atoms with van der Waals surface area (Å²) in [6, 6.07) is 21.6. The third-order valence-corrected chi connectivity index (χ3v) is 10.5. The lowest BCUT2D eigenvalue weighted by atomic mass is 10.1. The van der Waals surface area contributed by atoms with Gasteiger partial charge < -0.3 is 25.2 Å². The van der Waals surface area contributed by atoms with Gasteiger partial charge in [0.2, 0.25) is 5.95 Å². The first-order valence-electron chi connectivity index (χ1n) is 19.0. The lowest BCUT2D eigenvalue weighted by Gasteiger charge is -2.32. The molecular formula is C43H48FN9O3. The van der Waals surface area contributed by atoms with Crippen LogP contribution in [0.4, 0.5) is 21.7 Å². The standard InChI is InChI=1S/C43H48FN9O3/c1-30-38(44)24-36(47-41(54)33-8-4-31(5-9-33)27-52-20-16-50(2)17-21-52)25-40(30)49-43-46-15-13-39(48-43)37-26-45-14-12-35(37)29-56-42(55)34-10-6-32(7-11-34)28-53-22-18-51(3)19-23-53/h4-15,24-26H,16-23,27-29H2,1-3H3,(H,47,54)(H,46,48,49). The molecule has 3 aromatic carbocycles. The number of nitrogens with zero attached hydrogens (tertiary/aromatic N) is 7. The van der Waals surface area contributed by atoms with Crippen LogP contribution in [0.1, 0.15) is 43.0 Å². The van der Waals surface area contributed by atoms with Gasteiger partial charge in [-0.15, -0.1) is 0 Å². The number of rotatable bonds is 12. The highest BCUT2D eigenvalue weighted by atomic mass is 19.1. The van der Waals surface area contributed by atoms with Crippen LogP contribution in [0, 0.1) is 12.7 Å². The van der Waals surface area contributed by atoms with Crippen LogP contribution >= 0.6 is 0 Å². The number of ether oxygens (including phenoxy) is 1. The SMILES string of the molecule is Cc1c(F)cc(NC(=O)c2ccc(CN3CCN(C)CC3)cc2)cc1Nc1nccc(-c2cnccc2COC(=O)c2ccc(CN3CCN(C)CC3)cc2)n1. The van der Waals surface area contributed by atoms with Gasteiger partial charge in [-0.1, -0.05) is 24.3 Å². The highest BCUT2D eigenvalue weighted by Crippen LogP contribution is 2.28. The molecule has 0 aliphatic carbocycles. The summed E-state index contributed by atoms with van der Waals surface area (Å²) in [5.74, 6) is -1.05. The van der Waals surface area contributed by atoms with Crippen molar-refractivity contribution in [1.29, 1.82) is 0 Å². The third kappa shape index (κ3) is 9.98. The van der Waals surface area contributed by atoms with Crippen LogP contribution in [0.3, 0.4) is 0 Å². The maximum atomic E-state index is 15.2. The Morgan fingerprint density at radius 1 is 0.768 bits per heavy atom. The second kappa shape index (κ2) is 17.9. The number of aromatic nitrogens is 3. The van der Waals surface area contributed by atoms with Gasteiger partial charge in [0.1, 0.15) is 12.4 Å². The second-order valence-corrected chi connectivity index (χ2v) is 14.6. The van der Waals surface area contributed by atoms with Crippen molar-refractivity contribution < 1.29 is 18.7 Å². The van der Waals surface area contributed by atoms with E-state index in [9.17, 15) is 9.59 Å². The summed E-state index contributed by atoms with van der Waals surface area (Å²) in [4.78, 5) is 49.0. The topological polar surface area (TPSA) is 119 Å². The summed E-state index contributed by atoms with van der Waals surface area (Å²) in [5.41, 5.74) is 6.18. The molecule has 1 amide bonds. The van der Waals surface area contributed by atoms with Crippen LogP contribution < -0.4 is 10.6 Å². The second-order valence-electron chi connectivity index (χ2n) is 14.6. The van der Waals surface area contributed by atoms with Gasteiger partial charge in [-0.3, -0.25) is 19.6 Å². The van der Waals surface area contributed by atoms with Crippen LogP contribution in [-0.4, -0.2) is 113 Å². The van der Waals surface area contributed by atoms with Crippen LogP contribution in [0.2, 0.25) is 0 Å². The Kier molecular flexibility index (Phi) is 12.4. The van der Waals surface area contributed by atoms with Gasteiger partial charge in [0.15, 0.2) is 0 Å². The maximum absolute atomic E-state index is 15.2. The van der Waals surface area contributed by atoms with Crippen molar-refractivity contribution in [3.8, 4) is 11.3 Å². The summed E-state index contributed by atoms with van der Waals surface area (Å²) in [7, 11) is 4.27.